The fourth-order valence-corrected chi connectivity index (χ4v) is 1.70. The SMILES string of the molecule is CCCCOCCOc1ccccc1C(N)CC. The van der Waals surface area contributed by atoms with Crippen LogP contribution in [0.5, 0.6) is 5.75 Å². The molecule has 1 unspecified atom stereocenters. The first kappa shape index (κ1) is 15.0. The first-order chi connectivity index (χ1) is 8.79. The number of rotatable bonds is 9. The van der Waals surface area contributed by atoms with Crippen molar-refractivity contribution in [3.8, 4) is 5.75 Å². The van der Waals surface area contributed by atoms with Gasteiger partial charge in [-0.2, -0.15) is 0 Å². The molecule has 3 heteroatoms. The Morgan fingerprint density at radius 3 is 2.61 bits per heavy atom. The van der Waals surface area contributed by atoms with Crippen LogP contribution in [0, 0.1) is 0 Å². The molecule has 3 nitrogen and oxygen atoms in total. The van der Waals surface area contributed by atoms with Crippen LogP contribution in [0.1, 0.15) is 44.7 Å². The number of benzene rings is 1. The summed E-state index contributed by atoms with van der Waals surface area (Å²) in [5.41, 5.74) is 7.13. The lowest BCUT2D eigenvalue weighted by Gasteiger charge is -2.15. The van der Waals surface area contributed by atoms with E-state index in [0.717, 1.165) is 37.2 Å². The molecule has 1 aromatic rings. The summed E-state index contributed by atoms with van der Waals surface area (Å²) in [6.45, 7) is 6.26. The van der Waals surface area contributed by atoms with Gasteiger partial charge in [-0.25, -0.2) is 0 Å². The van der Waals surface area contributed by atoms with Crippen LogP contribution in [-0.4, -0.2) is 19.8 Å². The lowest BCUT2D eigenvalue weighted by Crippen LogP contribution is -2.13. The monoisotopic (exact) mass is 251 g/mol. The Bertz CT molecular complexity index is 328. The maximum Gasteiger partial charge on any atom is 0.124 e. The van der Waals surface area contributed by atoms with E-state index in [1.807, 2.05) is 24.3 Å². The number of ether oxygens (including phenoxy) is 2. The molecule has 0 spiro atoms. The van der Waals surface area contributed by atoms with Crippen LogP contribution in [-0.2, 0) is 4.74 Å². The third-order valence-electron chi connectivity index (χ3n) is 2.89. The van der Waals surface area contributed by atoms with E-state index in [1.165, 1.54) is 0 Å². The minimum absolute atomic E-state index is 0.0437. The summed E-state index contributed by atoms with van der Waals surface area (Å²) in [5, 5.41) is 0. The molecule has 1 rings (SSSR count). The molecule has 0 aliphatic carbocycles. The van der Waals surface area contributed by atoms with Crippen LogP contribution in [0.3, 0.4) is 0 Å². The molecule has 1 atom stereocenters. The van der Waals surface area contributed by atoms with Gasteiger partial charge in [0.05, 0.1) is 6.61 Å². The van der Waals surface area contributed by atoms with Gasteiger partial charge < -0.3 is 15.2 Å². The second kappa shape index (κ2) is 8.95. The molecule has 0 bridgehead atoms. The van der Waals surface area contributed by atoms with E-state index in [0.29, 0.717) is 13.2 Å². The van der Waals surface area contributed by atoms with Crippen LogP contribution in [0.4, 0.5) is 0 Å². The topological polar surface area (TPSA) is 44.5 Å². The Hall–Kier alpha value is -1.06. The molecule has 0 amide bonds. The van der Waals surface area contributed by atoms with Gasteiger partial charge in [0.25, 0.3) is 0 Å². The number of hydrogen-bond acceptors (Lipinski definition) is 3. The second-order valence-corrected chi connectivity index (χ2v) is 4.37. The zero-order valence-corrected chi connectivity index (χ0v) is 11.5. The van der Waals surface area contributed by atoms with Gasteiger partial charge in [-0.1, -0.05) is 38.5 Å². The fourth-order valence-electron chi connectivity index (χ4n) is 1.70. The van der Waals surface area contributed by atoms with Crippen molar-refractivity contribution < 1.29 is 9.47 Å². The molecule has 0 fully saturated rings. The Morgan fingerprint density at radius 1 is 1.11 bits per heavy atom. The van der Waals surface area contributed by atoms with E-state index >= 15 is 0 Å². The molecule has 0 aliphatic rings. The van der Waals surface area contributed by atoms with Crippen LogP contribution < -0.4 is 10.5 Å². The van der Waals surface area contributed by atoms with Crippen molar-refractivity contribution in [2.45, 2.75) is 39.2 Å². The second-order valence-electron chi connectivity index (χ2n) is 4.37. The maximum atomic E-state index is 6.05. The van der Waals surface area contributed by atoms with E-state index in [1.54, 1.807) is 0 Å². The normalized spacial score (nSPS) is 12.4. The van der Waals surface area contributed by atoms with Crippen molar-refractivity contribution in [2.75, 3.05) is 19.8 Å². The highest BCUT2D eigenvalue weighted by Crippen LogP contribution is 2.25. The van der Waals surface area contributed by atoms with Crippen molar-refractivity contribution in [3.05, 3.63) is 29.8 Å². The van der Waals surface area contributed by atoms with Crippen molar-refractivity contribution in [1.29, 1.82) is 0 Å². The van der Waals surface area contributed by atoms with Crippen molar-refractivity contribution in [1.82, 2.24) is 0 Å². The summed E-state index contributed by atoms with van der Waals surface area (Å²) in [5.74, 6) is 0.881. The Morgan fingerprint density at radius 2 is 1.89 bits per heavy atom. The lowest BCUT2D eigenvalue weighted by molar-refractivity contribution is 0.0976. The highest BCUT2D eigenvalue weighted by Gasteiger charge is 2.09. The van der Waals surface area contributed by atoms with Gasteiger partial charge in [-0.15, -0.1) is 0 Å². The van der Waals surface area contributed by atoms with Gasteiger partial charge in [0.15, 0.2) is 0 Å². The Labute approximate surface area is 110 Å². The molecule has 18 heavy (non-hydrogen) atoms. The van der Waals surface area contributed by atoms with E-state index in [9.17, 15) is 0 Å². The Balaban J connectivity index is 2.37. The van der Waals surface area contributed by atoms with Crippen LogP contribution in [0.2, 0.25) is 0 Å². The number of nitrogens with two attached hydrogens (primary N) is 1. The summed E-state index contributed by atoms with van der Waals surface area (Å²) < 4.78 is 11.2. The smallest absolute Gasteiger partial charge is 0.124 e. The van der Waals surface area contributed by atoms with Gasteiger partial charge in [0.1, 0.15) is 12.4 Å². The molecule has 0 radical (unpaired) electrons. The van der Waals surface area contributed by atoms with Crippen molar-refractivity contribution in [2.24, 2.45) is 5.73 Å². The first-order valence-electron chi connectivity index (χ1n) is 6.84. The lowest BCUT2D eigenvalue weighted by atomic mass is 10.0. The molecule has 2 N–H and O–H groups in total. The molecule has 0 saturated heterocycles. The highest BCUT2D eigenvalue weighted by molar-refractivity contribution is 5.35. The minimum Gasteiger partial charge on any atom is -0.491 e. The zero-order valence-electron chi connectivity index (χ0n) is 11.5. The average Bonchev–Trinajstić information content (AvgIpc) is 2.42. The summed E-state index contributed by atoms with van der Waals surface area (Å²) in [7, 11) is 0. The van der Waals surface area contributed by atoms with Crippen molar-refractivity contribution in [3.63, 3.8) is 0 Å². The maximum absolute atomic E-state index is 6.05. The largest absolute Gasteiger partial charge is 0.491 e. The standard InChI is InChI=1S/C15H25NO2/c1-3-5-10-17-11-12-18-15-9-7-6-8-13(15)14(16)4-2/h6-9,14H,3-5,10-12,16H2,1-2H3. The number of hydrogen-bond donors (Lipinski definition) is 1. The molecule has 1 aromatic carbocycles. The average molecular weight is 251 g/mol. The van der Waals surface area contributed by atoms with E-state index < -0.39 is 0 Å². The van der Waals surface area contributed by atoms with Gasteiger partial charge in [0, 0.05) is 18.2 Å². The molecule has 0 aliphatic heterocycles. The zero-order chi connectivity index (χ0) is 13.2. The molecule has 0 saturated carbocycles. The quantitative estimate of drug-likeness (QED) is 0.685. The van der Waals surface area contributed by atoms with Gasteiger partial charge in [-0.3, -0.25) is 0 Å². The molecule has 0 heterocycles. The summed E-state index contributed by atoms with van der Waals surface area (Å²) in [4.78, 5) is 0. The van der Waals surface area contributed by atoms with Gasteiger partial charge in [0.2, 0.25) is 0 Å². The van der Waals surface area contributed by atoms with Crippen LogP contribution in [0.25, 0.3) is 0 Å². The van der Waals surface area contributed by atoms with E-state index in [-0.39, 0.29) is 6.04 Å². The fraction of sp³-hybridized carbons (Fsp3) is 0.600. The molecular formula is C15H25NO2. The van der Waals surface area contributed by atoms with Gasteiger partial charge in [-0.05, 0) is 18.9 Å². The minimum atomic E-state index is 0.0437. The van der Waals surface area contributed by atoms with E-state index in [4.69, 9.17) is 15.2 Å². The van der Waals surface area contributed by atoms with E-state index in [2.05, 4.69) is 13.8 Å². The first-order valence-corrected chi connectivity index (χ1v) is 6.84. The molecule has 0 aromatic heterocycles. The third kappa shape index (κ3) is 5.07. The predicted octanol–water partition coefficient (Wildman–Crippen LogP) is 3.29. The predicted molar refractivity (Wildman–Crippen MR) is 74.9 cm³/mol. The summed E-state index contributed by atoms with van der Waals surface area (Å²) >= 11 is 0. The van der Waals surface area contributed by atoms with Crippen LogP contribution in [0.15, 0.2) is 24.3 Å². The number of para-hydroxylation sites is 1. The molecular weight excluding hydrogens is 226 g/mol. The van der Waals surface area contributed by atoms with Crippen molar-refractivity contribution >= 4 is 0 Å². The number of unbranched alkanes of at least 4 members (excludes halogenated alkanes) is 1. The third-order valence-corrected chi connectivity index (χ3v) is 2.89. The summed E-state index contributed by atoms with van der Waals surface area (Å²) in [6.07, 6.45) is 3.18. The van der Waals surface area contributed by atoms with Crippen LogP contribution >= 0.6 is 0 Å². The molecule has 102 valence electrons. The summed E-state index contributed by atoms with van der Waals surface area (Å²) in [6, 6.07) is 8.01. The van der Waals surface area contributed by atoms with Gasteiger partial charge >= 0.3 is 0 Å². The highest BCUT2D eigenvalue weighted by atomic mass is 16.5. The Kier molecular flexibility index (Phi) is 7.46.